The number of rotatable bonds is 26. The van der Waals surface area contributed by atoms with Gasteiger partial charge in [0.05, 0.1) is 12.6 Å². The zero-order valence-corrected chi connectivity index (χ0v) is 30.6. The molecule has 0 aromatic carbocycles. The molecule has 0 heterocycles. The average molecular weight is 775 g/mol. The number of carboxylic acids is 3. The number of carbonyl (C=O) groups is 9. The van der Waals surface area contributed by atoms with Crippen LogP contribution in [0, 0.1) is 5.92 Å². The minimum absolute atomic E-state index is 0.0335. The number of aliphatic imine (C=N–C) groups is 1. The smallest absolute Gasteiger partial charge is 0.326 e. The molecule has 16 N–H and O–H groups in total. The average Bonchev–Trinajstić information content (AvgIpc) is 3.07. The maximum Gasteiger partial charge on any atom is 0.326 e. The van der Waals surface area contributed by atoms with E-state index in [0.29, 0.717) is 0 Å². The number of nitrogens with one attached hydrogen (secondary N) is 6. The number of guanidine groups is 1. The second-order valence-corrected chi connectivity index (χ2v) is 12.8. The molecule has 23 heteroatoms. The summed E-state index contributed by atoms with van der Waals surface area (Å²) in [5, 5.41) is 51.1. The van der Waals surface area contributed by atoms with Crippen LogP contribution in [-0.4, -0.2) is 135 Å². The van der Waals surface area contributed by atoms with Crippen LogP contribution in [0.5, 0.6) is 0 Å². The van der Waals surface area contributed by atoms with Crippen molar-refractivity contribution in [3.8, 4) is 0 Å². The van der Waals surface area contributed by atoms with E-state index in [1.807, 2.05) is 0 Å². The molecule has 0 rings (SSSR count). The summed E-state index contributed by atoms with van der Waals surface area (Å²) in [6.45, 7) is 5.09. The van der Waals surface area contributed by atoms with Crippen LogP contribution in [0.3, 0.4) is 0 Å². The fraction of sp³-hybridized carbons (Fsp3) is 0.677. The summed E-state index contributed by atoms with van der Waals surface area (Å²) in [4.78, 5) is 115. The molecule has 23 nitrogen and oxygen atoms in total. The Bertz CT molecular complexity index is 1370. The third-order valence-corrected chi connectivity index (χ3v) is 7.51. The first-order valence-corrected chi connectivity index (χ1v) is 17.0. The first-order valence-electron chi connectivity index (χ1n) is 17.0. The van der Waals surface area contributed by atoms with Gasteiger partial charge in [-0.1, -0.05) is 13.8 Å². The Hall–Kier alpha value is -5.58. The van der Waals surface area contributed by atoms with Gasteiger partial charge in [-0.05, 0) is 51.9 Å². The minimum Gasteiger partial charge on any atom is -0.481 e. The normalized spacial score (nSPS) is 14.7. The van der Waals surface area contributed by atoms with E-state index < -0.39 is 122 Å². The number of carboxylic acid groups (broad SMARTS) is 3. The number of hydrogen-bond acceptors (Lipinski definition) is 12. The molecule has 54 heavy (non-hydrogen) atoms. The molecule has 6 amide bonds. The zero-order valence-electron chi connectivity index (χ0n) is 30.6. The van der Waals surface area contributed by atoms with E-state index in [-0.39, 0.29) is 44.1 Å². The Morgan fingerprint density at radius 3 is 1.52 bits per heavy atom. The van der Waals surface area contributed by atoms with Crippen molar-refractivity contribution < 1.29 is 63.6 Å². The van der Waals surface area contributed by atoms with E-state index in [1.54, 1.807) is 13.8 Å². The van der Waals surface area contributed by atoms with E-state index >= 15 is 0 Å². The predicted molar refractivity (Wildman–Crippen MR) is 189 cm³/mol. The highest BCUT2D eigenvalue weighted by molar-refractivity contribution is 5.97. The topological polar surface area (TPSA) is 397 Å². The molecule has 0 aromatic heterocycles. The summed E-state index contributed by atoms with van der Waals surface area (Å²) >= 11 is 0. The molecule has 0 aromatic rings. The standard InChI is InChI=1S/C31H54N10O13/c1-14(2)12-20(28(51)39-19(30(53)54)6-5-11-35-31(33)34)40-29(52)21(13-42)41-25(48)16(4)36-24(47)15(3)37-27(50)18(8-10-23(45)46)38-26(49)17(32)7-9-22(43)44/h14-21,42H,5-13,32H2,1-4H3,(H,36,47)(H,37,50)(H,38,49)(H,39,51)(H,40,52)(H,41,48)(H,43,44)(H,45,46)(H,53,54)(H4,33,34,35)/t15-,16-,17-,18-,19-,20-,21-/m0/s1. The number of nitrogens with zero attached hydrogens (tertiary/aromatic N) is 1. The van der Waals surface area contributed by atoms with Gasteiger partial charge in [-0.3, -0.25) is 43.3 Å². The van der Waals surface area contributed by atoms with Crippen molar-refractivity contribution in [2.75, 3.05) is 13.2 Å². The summed E-state index contributed by atoms with van der Waals surface area (Å²) in [7, 11) is 0. The fourth-order valence-electron chi connectivity index (χ4n) is 4.51. The maximum absolute atomic E-state index is 13.1. The van der Waals surface area contributed by atoms with E-state index in [4.69, 9.17) is 27.4 Å². The van der Waals surface area contributed by atoms with Gasteiger partial charge in [0.15, 0.2) is 5.96 Å². The summed E-state index contributed by atoms with van der Waals surface area (Å²) in [5.74, 6) is -9.83. The van der Waals surface area contributed by atoms with Crippen LogP contribution in [0.4, 0.5) is 0 Å². The van der Waals surface area contributed by atoms with Crippen molar-refractivity contribution in [3.63, 3.8) is 0 Å². The van der Waals surface area contributed by atoms with Gasteiger partial charge in [-0.25, -0.2) is 4.79 Å². The summed E-state index contributed by atoms with van der Waals surface area (Å²) in [6, 6.07) is -9.75. The van der Waals surface area contributed by atoms with Crippen molar-refractivity contribution >= 4 is 59.3 Å². The fourth-order valence-corrected chi connectivity index (χ4v) is 4.51. The lowest BCUT2D eigenvalue weighted by atomic mass is 10.0. The van der Waals surface area contributed by atoms with Crippen LogP contribution in [-0.2, 0) is 43.2 Å². The molecule has 0 saturated carbocycles. The predicted octanol–water partition coefficient (Wildman–Crippen LogP) is -4.83. The van der Waals surface area contributed by atoms with Gasteiger partial charge < -0.3 is 69.5 Å². The Morgan fingerprint density at radius 1 is 0.574 bits per heavy atom. The Kier molecular flexibility index (Phi) is 22.1. The molecule has 0 bridgehead atoms. The number of aliphatic hydroxyl groups excluding tert-OH is 1. The van der Waals surface area contributed by atoms with Crippen LogP contribution in [0.15, 0.2) is 4.99 Å². The minimum atomic E-state index is -1.62. The van der Waals surface area contributed by atoms with Crippen LogP contribution in [0.25, 0.3) is 0 Å². The van der Waals surface area contributed by atoms with Gasteiger partial charge in [0.1, 0.15) is 36.3 Å². The Balaban J connectivity index is 5.49. The molecule has 0 saturated heterocycles. The molecule has 0 aliphatic carbocycles. The molecule has 0 aliphatic rings. The molecule has 0 spiro atoms. The second kappa shape index (κ2) is 24.6. The van der Waals surface area contributed by atoms with Gasteiger partial charge >= 0.3 is 17.9 Å². The van der Waals surface area contributed by atoms with Gasteiger partial charge in [0.25, 0.3) is 0 Å². The van der Waals surface area contributed by atoms with Crippen LogP contribution in [0.2, 0.25) is 0 Å². The third kappa shape index (κ3) is 19.9. The maximum atomic E-state index is 13.1. The Morgan fingerprint density at radius 2 is 1.02 bits per heavy atom. The van der Waals surface area contributed by atoms with Gasteiger partial charge in [0.2, 0.25) is 35.4 Å². The lowest BCUT2D eigenvalue weighted by Gasteiger charge is -2.26. The van der Waals surface area contributed by atoms with Crippen molar-refractivity contribution in [1.82, 2.24) is 31.9 Å². The first kappa shape index (κ1) is 48.4. The number of hydrogen-bond donors (Lipinski definition) is 13. The summed E-state index contributed by atoms with van der Waals surface area (Å²) in [5.41, 5.74) is 16.2. The molecular weight excluding hydrogens is 720 g/mol. The quantitative estimate of drug-likeness (QED) is 0.0223. The second-order valence-electron chi connectivity index (χ2n) is 12.8. The van der Waals surface area contributed by atoms with Crippen LogP contribution < -0.4 is 49.1 Å². The Labute approximate surface area is 311 Å². The lowest BCUT2D eigenvalue weighted by Crippen LogP contribution is -2.59. The summed E-state index contributed by atoms with van der Waals surface area (Å²) < 4.78 is 0. The van der Waals surface area contributed by atoms with Gasteiger partial charge in [0, 0.05) is 19.4 Å². The van der Waals surface area contributed by atoms with Crippen LogP contribution >= 0.6 is 0 Å². The van der Waals surface area contributed by atoms with Crippen molar-refractivity contribution in [1.29, 1.82) is 0 Å². The highest BCUT2D eigenvalue weighted by Crippen LogP contribution is 2.08. The third-order valence-electron chi connectivity index (χ3n) is 7.51. The van der Waals surface area contributed by atoms with E-state index in [1.165, 1.54) is 13.8 Å². The number of aliphatic carboxylic acids is 3. The van der Waals surface area contributed by atoms with E-state index in [2.05, 4.69) is 36.9 Å². The van der Waals surface area contributed by atoms with Gasteiger partial charge in [-0.2, -0.15) is 0 Å². The molecule has 0 fully saturated rings. The molecule has 0 aliphatic heterocycles. The van der Waals surface area contributed by atoms with Crippen molar-refractivity contribution in [2.45, 2.75) is 115 Å². The molecule has 306 valence electrons. The van der Waals surface area contributed by atoms with Crippen LogP contribution in [0.1, 0.15) is 72.6 Å². The molecule has 0 radical (unpaired) electrons. The lowest BCUT2D eigenvalue weighted by molar-refractivity contribution is -0.142. The van der Waals surface area contributed by atoms with E-state index in [9.17, 15) is 53.4 Å². The van der Waals surface area contributed by atoms with Crippen molar-refractivity contribution in [3.05, 3.63) is 0 Å². The first-order chi connectivity index (χ1) is 25.1. The number of nitrogens with two attached hydrogens (primary N) is 3. The number of carbonyl (C=O) groups excluding carboxylic acids is 6. The zero-order chi connectivity index (χ0) is 41.7. The monoisotopic (exact) mass is 774 g/mol. The highest BCUT2D eigenvalue weighted by atomic mass is 16.4. The molecule has 7 atom stereocenters. The SMILES string of the molecule is CC(C)C[C@H](NC(=O)[C@H](CO)NC(=O)[C@H](C)NC(=O)[C@H](C)NC(=O)[C@H](CCC(=O)O)NC(=O)[C@@H](N)CCC(=O)O)C(=O)N[C@@H](CCCN=C(N)N)C(=O)O. The molecule has 0 unspecified atom stereocenters. The number of amides is 6. The van der Waals surface area contributed by atoms with E-state index in [0.717, 1.165) is 0 Å². The van der Waals surface area contributed by atoms with Crippen molar-refractivity contribution in [2.24, 2.45) is 28.1 Å². The largest absolute Gasteiger partial charge is 0.481 e. The summed E-state index contributed by atoms with van der Waals surface area (Å²) in [6.07, 6.45) is -1.44. The number of aliphatic hydroxyl groups is 1. The van der Waals surface area contributed by atoms with Gasteiger partial charge in [-0.15, -0.1) is 0 Å². The highest BCUT2D eigenvalue weighted by Gasteiger charge is 2.32. The molecular formula is C31H54N10O13.